The molecule has 0 radical (unpaired) electrons. The van der Waals surface area contributed by atoms with Gasteiger partial charge in [0.25, 0.3) is 0 Å². The summed E-state index contributed by atoms with van der Waals surface area (Å²) < 4.78 is 0. The molecule has 0 saturated heterocycles. The second-order valence-electron chi connectivity index (χ2n) is 15.7. The van der Waals surface area contributed by atoms with Crippen LogP contribution in [0.1, 0.15) is 44.5 Å². The van der Waals surface area contributed by atoms with E-state index in [1.807, 2.05) is 24.3 Å². The Morgan fingerprint density at radius 3 is 0.964 bits per heavy atom. The van der Waals surface area contributed by atoms with Crippen molar-refractivity contribution in [3.05, 3.63) is 239 Å². The molecule has 0 atom stereocenters. The van der Waals surface area contributed by atoms with Gasteiger partial charge in [0, 0.05) is 0 Å². The maximum Gasteiger partial charge on any atom is 0.116 e. The summed E-state index contributed by atoms with van der Waals surface area (Å²) in [5.41, 5.74) is 14.7. The predicted octanol–water partition coefficient (Wildman–Crippen LogP) is 12.5. The molecule has 2 heteroatoms. The summed E-state index contributed by atoms with van der Waals surface area (Å²) in [6.45, 7) is 0. The molecule has 56 heavy (non-hydrogen) atoms. The summed E-state index contributed by atoms with van der Waals surface area (Å²) in [5, 5.41) is 24.8. The second-order valence-corrected chi connectivity index (χ2v) is 15.7. The van der Waals surface area contributed by atoms with Crippen LogP contribution in [0, 0.1) is 0 Å². The van der Waals surface area contributed by atoms with E-state index >= 15 is 0 Å². The lowest BCUT2D eigenvalue weighted by Crippen LogP contribution is -2.30. The summed E-state index contributed by atoms with van der Waals surface area (Å²) >= 11 is 0. The molecule has 2 N–H and O–H groups in total. The van der Waals surface area contributed by atoms with Gasteiger partial charge in [0.05, 0.1) is 10.8 Å². The molecule has 2 aliphatic rings. The van der Waals surface area contributed by atoms with Crippen molar-refractivity contribution in [3.8, 4) is 33.8 Å². The Morgan fingerprint density at radius 1 is 0.304 bits per heavy atom. The van der Waals surface area contributed by atoms with E-state index in [1.54, 1.807) is 12.1 Å². The van der Waals surface area contributed by atoms with Crippen LogP contribution >= 0.6 is 0 Å². The number of phenols is 2. The molecule has 9 aromatic carbocycles. The Morgan fingerprint density at radius 2 is 0.607 bits per heavy atom. The summed E-state index contributed by atoms with van der Waals surface area (Å²) in [6, 6.07) is 69.8. The fourth-order valence-electron chi connectivity index (χ4n) is 10.2. The Labute approximate surface area is 326 Å². The molecule has 2 aliphatic carbocycles. The number of benzene rings is 9. The van der Waals surface area contributed by atoms with Crippen LogP contribution in [-0.2, 0) is 23.7 Å². The van der Waals surface area contributed by atoms with E-state index in [9.17, 15) is 10.2 Å². The molecule has 0 spiro atoms. The van der Waals surface area contributed by atoms with E-state index in [0.717, 1.165) is 34.4 Å². The maximum atomic E-state index is 10.2. The van der Waals surface area contributed by atoms with Gasteiger partial charge < -0.3 is 10.2 Å². The minimum Gasteiger partial charge on any atom is -0.508 e. The number of hydrogen-bond acceptors (Lipinski definition) is 2. The fourth-order valence-corrected chi connectivity index (χ4v) is 10.2. The van der Waals surface area contributed by atoms with Gasteiger partial charge >= 0.3 is 0 Å². The van der Waals surface area contributed by atoms with Gasteiger partial charge in [-0.15, -0.1) is 0 Å². The van der Waals surface area contributed by atoms with Crippen molar-refractivity contribution in [2.45, 2.75) is 23.7 Å². The van der Waals surface area contributed by atoms with Gasteiger partial charge in [-0.3, -0.25) is 0 Å². The van der Waals surface area contributed by atoms with Crippen LogP contribution in [0.25, 0.3) is 43.8 Å². The molecule has 266 valence electrons. The molecule has 9 aromatic rings. The third kappa shape index (κ3) is 4.75. The van der Waals surface area contributed by atoms with Crippen molar-refractivity contribution in [2.24, 2.45) is 0 Å². The molecular weight excluding hydrogens is 681 g/mol. The second kappa shape index (κ2) is 12.3. The highest BCUT2D eigenvalue weighted by atomic mass is 16.3. The summed E-state index contributed by atoms with van der Waals surface area (Å²) in [5.74, 6) is 0.563. The summed E-state index contributed by atoms with van der Waals surface area (Å²) in [6.07, 6.45) is 1.61. The minimum absolute atomic E-state index is 0.281. The van der Waals surface area contributed by atoms with Crippen LogP contribution in [0.4, 0.5) is 0 Å². The van der Waals surface area contributed by atoms with Crippen LogP contribution in [0.2, 0.25) is 0 Å². The Bertz CT molecular complexity index is 2710. The standard InChI is InChI=1S/C54H38O2/c55-43-27-23-37-29-41(25-21-39(37)31-43)53(49-13-5-1-9-45(49)46-10-2-6-14-50(46)53)33-35-17-19-36(20-18-35)34-54(42-26-22-40-32-44(56)28-24-38(40)30-42)51-15-7-3-11-47(51)48-12-4-8-16-52(48)54/h1-32,55-56H,33-34H2. The van der Waals surface area contributed by atoms with Gasteiger partial charge in [-0.2, -0.15) is 0 Å². The Kier molecular flexibility index (Phi) is 7.15. The van der Waals surface area contributed by atoms with E-state index in [1.165, 1.54) is 66.8 Å². The lowest BCUT2D eigenvalue weighted by Gasteiger charge is -2.34. The monoisotopic (exact) mass is 718 g/mol. The lowest BCUT2D eigenvalue weighted by atomic mass is 9.67. The van der Waals surface area contributed by atoms with Gasteiger partial charge in [-0.05, 0) is 138 Å². The average molecular weight is 719 g/mol. The van der Waals surface area contributed by atoms with Crippen molar-refractivity contribution in [3.63, 3.8) is 0 Å². The summed E-state index contributed by atoms with van der Waals surface area (Å²) in [7, 11) is 0. The van der Waals surface area contributed by atoms with Crippen LogP contribution in [0.5, 0.6) is 11.5 Å². The van der Waals surface area contributed by atoms with Crippen LogP contribution < -0.4 is 0 Å². The normalized spacial score (nSPS) is 14.3. The number of fused-ring (bicyclic) bond motifs is 8. The highest BCUT2D eigenvalue weighted by molar-refractivity contribution is 5.90. The zero-order valence-electron chi connectivity index (χ0n) is 30.8. The van der Waals surface area contributed by atoms with Crippen LogP contribution in [0.3, 0.4) is 0 Å². The topological polar surface area (TPSA) is 40.5 Å². The average Bonchev–Trinajstić information content (AvgIpc) is 3.69. The highest BCUT2D eigenvalue weighted by Crippen LogP contribution is 2.56. The molecule has 0 aromatic heterocycles. The third-order valence-electron chi connectivity index (χ3n) is 12.7. The van der Waals surface area contributed by atoms with Crippen LogP contribution in [-0.4, -0.2) is 10.2 Å². The van der Waals surface area contributed by atoms with Crippen molar-refractivity contribution < 1.29 is 10.2 Å². The molecule has 0 bridgehead atoms. The van der Waals surface area contributed by atoms with Gasteiger partial charge in [0.1, 0.15) is 11.5 Å². The molecule has 0 saturated carbocycles. The van der Waals surface area contributed by atoms with Crippen molar-refractivity contribution in [1.29, 1.82) is 0 Å². The molecule has 0 amide bonds. The van der Waals surface area contributed by atoms with E-state index in [4.69, 9.17) is 0 Å². The van der Waals surface area contributed by atoms with Crippen LogP contribution in [0.15, 0.2) is 194 Å². The number of aromatic hydroxyl groups is 2. The van der Waals surface area contributed by atoms with E-state index < -0.39 is 10.8 Å². The Hall–Kier alpha value is -6.90. The first-order valence-electron chi connectivity index (χ1n) is 19.4. The zero-order chi connectivity index (χ0) is 37.4. The number of hydrogen-bond donors (Lipinski definition) is 2. The van der Waals surface area contributed by atoms with Gasteiger partial charge in [-0.25, -0.2) is 0 Å². The first-order valence-corrected chi connectivity index (χ1v) is 19.4. The lowest BCUT2D eigenvalue weighted by molar-refractivity contribution is 0.475. The molecule has 11 rings (SSSR count). The van der Waals surface area contributed by atoms with Gasteiger partial charge in [0.15, 0.2) is 0 Å². The molecule has 0 heterocycles. The highest BCUT2D eigenvalue weighted by Gasteiger charge is 2.46. The molecule has 0 aliphatic heterocycles. The number of phenolic OH excluding ortho intramolecular Hbond substituents is 2. The van der Waals surface area contributed by atoms with E-state index in [2.05, 4.69) is 158 Å². The fraction of sp³-hybridized carbons (Fsp3) is 0.0741. The van der Waals surface area contributed by atoms with Crippen molar-refractivity contribution in [2.75, 3.05) is 0 Å². The third-order valence-corrected chi connectivity index (χ3v) is 12.7. The maximum absolute atomic E-state index is 10.2. The van der Waals surface area contributed by atoms with E-state index in [-0.39, 0.29) is 11.5 Å². The summed E-state index contributed by atoms with van der Waals surface area (Å²) in [4.78, 5) is 0. The first-order chi connectivity index (χ1) is 27.5. The van der Waals surface area contributed by atoms with Crippen molar-refractivity contribution in [1.82, 2.24) is 0 Å². The van der Waals surface area contributed by atoms with Gasteiger partial charge in [-0.1, -0.05) is 158 Å². The molecular formula is C54H38O2. The quantitative estimate of drug-likeness (QED) is 0.180. The smallest absolute Gasteiger partial charge is 0.116 e. The molecule has 0 fully saturated rings. The molecule has 0 unspecified atom stereocenters. The van der Waals surface area contributed by atoms with Crippen molar-refractivity contribution >= 4 is 21.5 Å². The zero-order valence-corrected chi connectivity index (χ0v) is 30.8. The Balaban J connectivity index is 1.05. The minimum atomic E-state index is -0.398. The first kappa shape index (κ1) is 32.5. The predicted molar refractivity (Wildman–Crippen MR) is 229 cm³/mol. The van der Waals surface area contributed by atoms with Gasteiger partial charge in [0.2, 0.25) is 0 Å². The molecule has 2 nitrogen and oxygen atoms in total. The largest absolute Gasteiger partial charge is 0.508 e. The van der Waals surface area contributed by atoms with E-state index in [0.29, 0.717) is 0 Å². The number of rotatable bonds is 6. The SMILES string of the molecule is Oc1ccc2cc(C3(Cc4ccc(CC5(c6ccc7cc(O)ccc7c6)c6ccccc6-c6ccccc65)cc4)c4ccccc4-c4ccccc43)ccc2c1.